The van der Waals surface area contributed by atoms with Crippen LogP contribution in [0, 0.1) is 6.92 Å². The number of rotatable bonds is 4. The predicted molar refractivity (Wildman–Crippen MR) is 103 cm³/mol. The van der Waals surface area contributed by atoms with E-state index in [1.165, 1.54) is 5.56 Å². The highest BCUT2D eigenvalue weighted by atomic mass is 15.3. The van der Waals surface area contributed by atoms with E-state index in [9.17, 15) is 0 Å². The van der Waals surface area contributed by atoms with E-state index in [0.717, 1.165) is 43.6 Å². The maximum absolute atomic E-state index is 4.65. The quantitative estimate of drug-likeness (QED) is 0.726. The number of aromatic nitrogens is 4. The van der Waals surface area contributed by atoms with Crippen LogP contribution < -0.4 is 4.90 Å². The zero-order valence-electron chi connectivity index (χ0n) is 15.3. The van der Waals surface area contributed by atoms with Crippen LogP contribution >= 0.6 is 0 Å². The highest BCUT2D eigenvalue weighted by molar-refractivity contribution is 5.44. The number of piperazine rings is 1. The minimum Gasteiger partial charge on any atom is -0.354 e. The lowest BCUT2D eigenvalue weighted by molar-refractivity contribution is 0.198. The first kappa shape index (κ1) is 16.7. The molecule has 1 unspecified atom stereocenters. The van der Waals surface area contributed by atoms with Crippen molar-refractivity contribution in [1.82, 2.24) is 24.6 Å². The van der Waals surface area contributed by atoms with Gasteiger partial charge in [-0.2, -0.15) is 5.10 Å². The molecule has 4 rings (SSSR count). The summed E-state index contributed by atoms with van der Waals surface area (Å²) in [5.41, 5.74) is 1.37. The second-order valence-electron chi connectivity index (χ2n) is 6.69. The van der Waals surface area contributed by atoms with Gasteiger partial charge in [0.1, 0.15) is 11.6 Å². The number of anilines is 1. The van der Waals surface area contributed by atoms with Gasteiger partial charge in [-0.3, -0.25) is 4.90 Å². The van der Waals surface area contributed by atoms with Crippen LogP contribution in [0.5, 0.6) is 0 Å². The zero-order valence-corrected chi connectivity index (χ0v) is 15.3. The van der Waals surface area contributed by atoms with E-state index in [1.54, 1.807) is 10.9 Å². The maximum atomic E-state index is 4.65. The molecule has 0 saturated carbocycles. The molecule has 0 amide bonds. The molecular weight excluding hydrogens is 324 g/mol. The van der Waals surface area contributed by atoms with Crippen LogP contribution in [0.2, 0.25) is 0 Å². The molecule has 134 valence electrons. The molecular formula is C20H24N6. The summed E-state index contributed by atoms with van der Waals surface area (Å²) in [4.78, 5) is 14.0. The van der Waals surface area contributed by atoms with Crippen molar-refractivity contribution in [1.29, 1.82) is 0 Å². The molecule has 0 aliphatic carbocycles. The van der Waals surface area contributed by atoms with Gasteiger partial charge in [-0.15, -0.1) is 0 Å². The van der Waals surface area contributed by atoms with Crippen LogP contribution in [0.4, 0.5) is 5.82 Å². The van der Waals surface area contributed by atoms with E-state index < -0.39 is 0 Å². The lowest BCUT2D eigenvalue weighted by Gasteiger charge is -2.38. The van der Waals surface area contributed by atoms with E-state index in [-0.39, 0.29) is 0 Å². The second kappa shape index (κ2) is 7.25. The Morgan fingerprint density at radius 3 is 2.35 bits per heavy atom. The number of hydrogen-bond donors (Lipinski definition) is 0. The molecule has 3 aromatic rings. The summed E-state index contributed by atoms with van der Waals surface area (Å²) in [6, 6.07) is 15.1. The van der Waals surface area contributed by atoms with Crippen molar-refractivity contribution in [2.24, 2.45) is 0 Å². The normalized spacial score (nSPS) is 16.6. The minimum atomic E-state index is 0.435. The summed E-state index contributed by atoms with van der Waals surface area (Å²) >= 11 is 0. The average Bonchev–Trinajstić information content (AvgIpc) is 3.23. The van der Waals surface area contributed by atoms with Crippen LogP contribution in [0.25, 0.3) is 5.82 Å². The van der Waals surface area contributed by atoms with Crippen molar-refractivity contribution >= 4 is 5.82 Å². The SMILES string of the molecule is Cc1nc(N2CCN(C(C)c3ccccc3)CC2)cc(-n2cccn2)n1. The van der Waals surface area contributed by atoms with Gasteiger partial charge in [0.15, 0.2) is 5.82 Å². The average molecular weight is 348 g/mol. The standard InChI is InChI=1S/C20H24N6/c1-16(18-7-4-3-5-8-18)24-11-13-25(14-12-24)19-15-20(23-17(2)22-19)26-10-6-9-21-26/h3-10,15-16H,11-14H2,1-2H3. The molecule has 0 radical (unpaired) electrons. The molecule has 1 aliphatic heterocycles. The molecule has 0 spiro atoms. The summed E-state index contributed by atoms with van der Waals surface area (Å²) in [5, 5.41) is 4.28. The first-order chi connectivity index (χ1) is 12.7. The lowest BCUT2D eigenvalue weighted by Crippen LogP contribution is -2.47. The summed E-state index contributed by atoms with van der Waals surface area (Å²) in [6.45, 7) is 8.20. The van der Waals surface area contributed by atoms with Crippen molar-refractivity contribution in [2.45, 2.75) is 19.9 Å². The van der Waals surface area contributed by atoms with Crippen LogP contribution in [-0.2, 0) is 0 Å². The molecule has 1 saturated heterocycles. The number of aryl methyl sites for hydroxylation is 1. The van der Waals surface area contributed by atoms with Gasteiger partial charge in [-0.25, -0.2) is 14.6 Å². The minimum absolute atomic E-state index is 0.435. The fourth-order valence-electron chi connectivity index (χ4n) is 3.50. The maximum Gasteiger partial charge on any atom is 0.159 e. The monoisotopic (exact) mass is 348 g/mol. The van der Waals surface area contributed by atoms with E-state index in [1.807, 2.05) is 25.3 Å². The van der Waals surface area contributed by atoms with E-state index in [4.69, 9.17) is 0 Å². The molecule has 6 heteroatoms. The number of nitrogens with zero attached hydrogens (tertiary/aromatic N) is 6. The summed E-state index contributed by atoms with van der Waals surface area (Å²) in [5.74, 6) is 2.57. The number of benzene rings is 1. The van der Waals surface area contributed by atoms with Crippen LogP contribution in [0.1, 0.15) is 24.4 Å². The van der Waals surface area contributed by atoms with E-state index in [0.29, 0.717) is 6.04 Å². The van der Waals surface area contributed by atoms with Crippen molar-refractivity contribution in [3.63, 3.8) is 0 Å². The van der Waals surface area contributed by atoms with Gasteiger partial charge in [-0.1, -0.05) is 30.3 Å². The molecule has 2 aromatic heterocycles. The molecule has 0 bridgehead atoms. The number of hydrogen-bond acceptors (Lipinski definition) is 5. The molecule has 1 atom stereocenters. The summed E-state index contributed by atoms with van der Waals surface area (Å²) < 4.78 is 1.78. The molecule has 6 nitrogen and oxygen atoms in total. The second-order valence-corrected chi connectivity index (χ2v) is 6.69. The van der Waals surface area contributed by atoms with Gasteiger partial charge in [0.25, 0.3) is 0 Å². The Kier molecular flexibility index (Phi) is 4.67. The van der Waals surface area contributed by atoms with Crippen molar-refractivity contribution < 1.29 is 0 Å². The lowest BCUT2D eigenvalue weighted by atomic mass is 10.1. The Balaban J connectivity index is 1.47. The van der Waals surface area contributed by atoms with Crippen LogP contribution in [0.3, 0.4) is 0 Å². The van der Waals surface area contributed by atoms with Crippen LogP contribution in [-0.4, -0.2) is 50.8 Å². The van der Waals surface area contributed by atoms with Crippen molar-refractivity contribution in [2.75, 3.05) is 31.1 Å². The molecule has 1 fully saturated rings. The topological polar surface area (TPSA) is 50.1 Å². The Labute approximate surface area is 154 Å². The third-order valence-electron chi connectivity index (χ3n) is 5.02. The third kappa shape index (κ3) is 3.46. The zero-order chi connectivity index (χ0) is 17.9. The third-order valence-corrected chi connectivity index (χ3v) is 5.02. The van der Waals surface area contributed by atoms with Gasteiger partial charge < -0.3 is 4.90 Å². The summed E-state index contributed by atoms with van der Waals surface area (Å²) in [6.07, 6.45) is 3.67. The smallest absolute Gasteiger partial charge is 0.159 e. The molecule has 0 N–H and O–H groups in total. The molecule has 1 aliphatic rings. The molecule has 3 heterocycles. The van der Waals surface area contributed by atoms with E-state index in [2.05, 4.69) is 62.1 Å². The van der Waals surface area contributed by atoms with Crippen molar-refractivity contribution in [3.8, 4) is 5.82 Å². The predicted octanol–water partition coefficient (Wildman–Crippen LogP) is 2.85. The first-order valence-electron chi connectivity index (χ1n) is 9.10. The van der Waals surface area contributed by atoms with Gasteiger partial charge in [0, 0.05) is 50.7 Å². The van der Waals surface area contributed by atoms with Crippen LogP contribution in [0.15, 0.2) is 54.9 Å². The molecule has 1 aromatic carbocycles. The fraction of sp³-hybridized carbons (Fsp3) is 0.350. The van der Waals surface area contributed by atoms with Gasteiger partial charge in [0.05, 0.1) is 0 Å². The largest absolute Gasteiger partial charge is 0.354 e. The Morgan fingerprint density at radius 1 is 0.923 bits per heavy atom. The highest BCUT2D eigenvalue weighted by Gasteiger charge is 2.23. The first-order valence-corrected chi connectivity index (χ1v) is 9.10. The molecule has 26 heavy (non-hydrogen) atoms. The highest BCUT2D eigenvalue weighted by Crippen LogP contribution is 2.23. The Bertz CT molecular complexity index is 838. The van der Waals surface area contributed by atoms with Gasteiger partial charge in [0.2, 0.25) is 0 Å². The fourth-order valence-corrected chi connectivity index (χ4v) is 3.50. The van der Waals surface area contributed by atoms with E-state index >= 15 is 0 Å². The van der Waals surface area contributed by atoms with Gasteiger partial charge >= 0.3 is 0 Å². The van der Waals surface area contributed by atoms with Crippen molar-refractivity contribution in [3.05, 3.63) is 66.2 Å². The van der Waals surface area contributed by atoms with Gasteiger partial charge in [-0.05, 0) is 25.5 Å². The Hall–Kier alpha value is -2.73. The summed E-state index contributed by atoms with van der Waals surface area (Å²) in [7, 11) is 0. The Morgan fingerprint density at radius 2 is 1.65 bits per heavy atom.